The number of nitro benzene ring substituents is 2. The van der Waals surface area contributed by atoms with Gasteiger partial charge in [0.05, 0.1) is 29.1 Å². The number of benzene rings is 1. The number of piperazine rings is 1. The Kier molecular flexibility index (Phi) is 5.16. The summed E-state index contributed by atoms with van der Waals surface area (Å²) in [5, 5.41) is 22.1. The monoisotopic (exact) mass is 365 g/mol. The first kappa shape index (κ1) is 17.9. The van der Waals surface area contributed by atoms with Gasteiger partial charge in [-0.3, -0.25) is 20.2 Å². The minimum Gasteiger partial charge on any atom is -0.378 e. The molecular formula is C15H19N5O6. The van der Waals surface area contributed by atoms with Crippen LogP contribution in [0.2, 0.25) is 0 Å². The second-order valence-corrected chi connectivity index (χ2v) is 6.04. The third-order valence-electron chi connectivity index (χ3n) is 4.54. The summed E-state index contributed by atoms with van der Waals surface area (Å²) in [5.74, 6) is 0. The Labute approximate surface area is 149 Å². The maximum Gasteiger partial charge on any atom is 0.320 e. The van der Waals surface area contributed by atoms with E-state index in [2.05, 4.69) is 0 Å². The Balaban J connectivity index is 1.68. The van der Waals surface area contributed by atoms with Crippen LogP contribution in [0.1, 0.15) is 0 Å². The van der Waals surface area contributed by atoms with E-state index in [1.54, 1.807) is 14.7 Å². The predicted molar refractivity (Wildman–Crippen MR) is 91.3 cm³/mol. The van der Waals surface area contributed by atoms with E-state index in [4.69, 9.17) is 4.74 Å². The van der Waals surface area contributed by atoms with Gasteiger partial charge in [0.1, 0.15) is 5.69 Å². The van der Waals surface area contributed by atoms with E-state index in [0.29, 0.717) is 58.2 Å². The molecule has 11 nitrogen and oxygen atoms in total. The van der Waals surface area contributed by atoms with Crippen molar-refractivity contribution in [3.63, 3.8) is 0 Å². The molecule has 2 amide bonds. The number of rotatable bonds is 3. The topological polar surface area (TPSA) is 122 Å². The highest BCUT2D eigenvalue weighted by Gasteiger charge is 2.29. The minimum absolute atomic E-state index is 0.0499. The molecule has 1 aromatic rings. The van der Waals surface area contributed by atoms with Crippen LogP contribution in [0, 0.1) is 20.2 Å². The molecule has 0 aliphatic carbocycles. The second kappa shape index (κ2) is 7.52. The Morgan fingerprint density at radius 2 is 1.54 bits per heavy atom. The second-order valence-electron chi connectivity index (χ2n) is 6.04. The number of nitrogens with zero attached hydrogens (tertiary/aromatic N) is 5. The number of non-ortho nitro benzene ring substituents is 1. The van der Waals surface area contributed by atoms with Crippen LogP contribution in [0.25, 0.3) is 0 Å². The average Bonchev–Trinajstić information content (AvgIpc) is 2.67. The van der Waals surface area contributed by atoms with Crippen molar-refractivity contribution in [2.24, 2.45) is 0 Å². The van der Waals surface area contributed by atoms with Gasteiger partial charge in [-0.2, -0.15) is 0 Å². The number of carbonyl (C=O) groups is 1. The predicted octanol–water partition coefficient (Wildman–Crippen LogP) is 1.08. The normalized spacial score (nSPS) is 17.9. The molecule has 0 unspecified atom stereocenters. The number of hydrogen-bond donors (Lipinski definition) is 0. The van der Waals surface area contributed by atoms with E-state index in [9.17, 15) is 25.0 Å². The lowest BCUT2D eigenvalue weighted by Gasteiger charge is -2.39. The van der Waals surface area contributed by atoms with Gasteiger partial charge in [0.2, 0.25) is 0 Å². The third-order valence-corrected chi connectivity index (χ3v) is 4.54. The first-order valence-electron chi connectivity index (χ1n) is 8.27. The number of nitro groups is 2. The van der Waals surface area contributed by atoms with Crippen LogP contribution in [0.5, 0.6) is 0 Å². The first-order chi connectivity index (χ1) is 12.5. The Bertz CT molecular complexity index is 712. The van der Waals surface area contributed by atoms with E-state index in [1.807, 2.05) is 0 Å². The zero-order valence-electron chi connectivity index (χ0n) is 14.1. The van der Waals surface area contributed by atoms with Crippen molar-refractivity contribution in [3.05, 3.63) is 38.4 Å². The highest BCUT2D eigenvalue weighted by atomic mass is 16.6. The van der Waals surface area contributed by atoms with E-state index in [0.717, 1.165) is 6.07 Å². The molecule has 2 aliphatic rings. The molecule has 0 aromatic heterocycles. The van der Waals surface area contributed by atoms with Gasteiger partial charge in [-0.15, -0.1) is 0 Å². The lowest BCUT2D eigenvalue weighted by Crippen LogP contribution is -2.54. The van der Waals surface area contributed by atoms with Crippen LogP contribution in [-0.4, -0.2) is 78.2 Å². The summed E-state index contributed by atoms with van der Waals surface area (Å²) in [5.41, 5.74) is -0.284. The van der Waals surface area contributed by atoms with E-state index in [-0.39, 0.29) is 17.4 Å². The van der Waals surface area contributed by atoms with Gasteiger partial charge in [-0.25, -0.2) is 4.79 Å². The average molecular weight is 365 g/mol. The fraction of sp³-hybridized carbons (Fsp3) is 0.533. The molecule has 1 aromatic carbocycles. The number of hydrogen-bond acceptors (Lipinski definition) is 7. The maximum absolute atomic E-state index is 12.5. The van der Waals surface area contributed by atoms with Crippen molar-refractivity contribution in [2.75, 3.05) is 57.4 Å². The Morgan fingerprint density at radius 3 is 2.12 bits per heavy atom. The van der Waals surface area contributed by atoms with E-state index >= 15 is 0 Å². The molecule has 0 radical (unpaired) electrons. The van der Waals surface area contributed by atoms with Crippen LogP contribution < -0.4 is 4.90 Å². The molecule has 26 heavy (non-hydrogen) atoms. The highest BCUT2D eigenvalue weighted by molar-refractivity contribution is 5.75. The summed E-state index contributed by atoms with van der Waals surface area (Å²) < 4.78 is 5.24. The van der Waals surface area contributed by atoms with Gasteiger partial charge in [-0.05, 0) is 6.07 Å². The van der Waals surface area contributed by atoms with Crippen molar-refractivity contribution in [2.45, 2.75) is 0 Å². The summed E-state index contributed by atoms with van der Waals surface area (Å²) in [4.78, 5) is 38.6. The van der Waals surface area contributed by atoms with Crippen molar-refractivity contribution in [3.8, 4) is 0 Å². The molecule has 140 valence electrons. The number of anilines is 1. The molecule has 2 saturated heterocycles. The van der Waals surface area contributed by atoms with E-state index < -0.39 is 9.85 Å². The summed E-state index contributed by atoms with van der Waals surface area (Å²) in [6.45, 7) is 3.90. The van der Waals surface area contributed by atoms with Gasteiger partial charge >= 0.3 is 6.03 Å². The lowest BCUT2D eigenvalue weighted by molar-refractivity contribution is -0.393. The highest BCUT2D eigenvalue weighted by Crippen LogP contribution is 2.32. The van der Waals surface area contributed by atoms with Crippen LogP contribution in [0.15, 0.2) is 18.2 Å². The van der Waals surface area contributed by atoms with Crippen molar-refractivity contribution in [1.29, 1.82) is 0 Å². The van der Waals surface area contributed by atoms with Crippen LogP contribution in [0.3, 0.4) is 0 Å². The van der Waals surface area contributed by atoms with Crippen molar-refractivity contribution in [1.82, 2.24) is 9.80 Å². The smallest absolute Gasteiger partial charge is 0.320 e. The maximum atomic E-state index is 12.5. The summed E-state index contributed by atoms with van der Waals surface area (Å²) in [6.07, 6.45) is 0. The van der Waals surface area contributed by atoms with Gasteiger partial charge in [0.15, 0.2) is 0 Å². The Morgan fingerprint density at radius 1 is 0.923 bits per heavy atom. The fourth-order valence-electron chi connectivity index (χ4n) is 3.13. The number of ether oxygens (including phenoxy) is 1. The Hall–Kier alpha value is -2.95. The molecular weight excluding hydrogens is 346 g/mol. The largest absolute Gasteiger partial charge is 0.378 e. The number of amides is 2. The molecule has 11 heteroatoms. The molecule has 2 fully saturated rings. The number of morpholine rings is 1. The standard InChI is InChI=1S/C15H19N5O6/c21-15(18-7-9-26-10-8-18)17-5-3-16(4-6-17)13-2-1-12(19(22)23)11-14(13)20(24)25/h1-2,11H,3-10H2. The van der Waals surface area contributed by atoms with Crippen LogP contribution in [-0.2, 0) is 4.74 Å². The molecule has 0 N–H and O–H groups in total. The van der Waals surface area contributed by atoms with Crippen LogP contribution >= 0.6 is 0 Å². The number of urea groups is 1. The third kappa shape index (κ3) is 3.67. The number of carbonyl (C=O) groups excluding carboxylic acids is 1. The first-order valence-corrected chi connectivity index (χ1v) is 8.27. The SMILES string of the molecule is O=C(N1CCOCC1)N1CCN(c2ccc([N+](=O)[O-])cc2[N+](=O)[O-])CC1. The van der Waals surface area contributed by atoms with Crippen molar-refractivity contribution >= 4 is 23.1 Å². The van der Waals surface area contributed by atoms with E-state index in [1.165, 1.54) is 12.1 Å². The molecule has 0 bridgehead atoms. The molecule has 3 rings (SSSR count). The fourth-order valence-corrected chi connectivity index (χ4v) is 3.13. The molecule has 0 atom stereocenters. The lowest BCUT2D eigenvalue weighted by atomic mass is 10.2. The quantitative estimate of drug-likeness (QED) is 0.580. The zero-order valence-corrected chi connectivity index (χ0v) is 14.1. The van der Waals surface area contributed by atoms with Gasteiger partial charge in [0.25, 0.3) is 11.4 Å². The summed E-state index contributed by atoms with van der Waals surface area (Å²) >= 11 is 0. The molecule has 2 heterocycles. The minimum atomic E-state index is -0.657. The molecule has 0 saturated carbocycles. The summed E-state index contributed by atoms with van der Waals surface area (Å²) in [6, 6.07) is 3.58. The van der Waals surface area contributed by atoms with Gasteiger partial charge in [0, 0.05) is 45.3 Å². The zero-order chi connectivity index (χ0) is 18.7. The van der Waals surface area contributed by atoms with Crippen LogP contribution in [0.4, 0.5) is 21.9 Å². The molecule has 2 aliphatic heterocycles. The molecule has 0 spiro atoms. The van der Waals surface area contributed by atoms with Gasteiger partial charge in [-0.1, -0.05) is 0 Å². The van der Waals surface area contributed by atoms with Gasteiger partial charge < -0.3 is 19.4 Å². The van der Waals surface area contributed by atoms with Crippen molar-refractivity contribution < 1.29 is 19.4 Å². The summed E-state index contributed by atoms with van der Waals surface area (Å²) in [7, 11) is 0.